The van der Waals surface area contributed by atoms with Crippen LogP contribution in [-0.2, 0) is 6.54 Å². The maximum atomic E-state index is 14.5. The number of carbonyl (C=O) groups is 1. The molecular formula is C31H27F2N3O2. The SMILES string of the molecule is O=C(c1cc2occc2n1Cc1cccc(F)c1F)N1CCN(C(c2ccccc2)c2ccccc2)CC1. The first-order chi connectivity index (χ1) is 18.6. The highest BCUT2D eigenvalue weighted by atomic mass is 19.2. The van der Waals surface area contributed by atoms with Crippen LogP contribution in [0.15, 0.2) is 102 Å². The number of halogens is 2. The average molecular weight is 512 g/mol. The second-order valence-electron chi connectivity index (χ2n) is 9.55. The van der Waals surface area contributed by atoms with Crippen molar-refractivity contribution in [2.75, 3.05) is 26.2 Å². The molecule has 3 heterocycles. The van der Waals surface area contributed by atoms with Crippen molar-refractivity contribution in [1.29, 1.82) is 0 Å². The molecule has 0 atom stereocenters. The van der Waals surface area contributed by atoms with Gasteiger partial charge in [0.05, 0.1) is 24.4 Å². The highest BCUT2D eigenvalue weighted by Crippen LogP contribution is 2.30. The molecule has 5 aromatic rings. The smallest absolute Gasteiger partial charge is 0.270 e. The Hall–Kier alpha value is -4.23. The second-order valence-corrected chi connectivity index (χ2v) is 9.55. The summed E-state index contributed by atoms with van der Waals surface area (Å²) in [6, 6.07) is 28.4. The Balaban J connectivity index is 1.24. The van der Waals surface area contributed by atoms with E-state index in [4.69, 9.17) is 4.42 Å². The van der Waals surface area contributed by atoms with Gasteiger partial charge in [-0.25, -0.2) is 8.78 Å². The van der Waals surface area contributed by atoms with Gasteiger partial charge < -0.3 is 13.9 Å². The summed E-state index contributed by atoms with van der Waals surface area (Å²) in [4.78, 5) is 18.0. The third-order valence-corrected chi connectivity index (χ3v) is 7.30. The molecule has 1 fully saturated rings. The summed E-state index contributed by atoms with van der Waals surface area (Å²) in [5.41, 5.74) is 4.21. The largest absolute Gasteiger partial charge is 0.463 e. The number of hydrogen-bond donors (Lipinski definition) is 0. The molecule has 192 valence electrons. The fraction of sp³-hybridized carbons (Fsp3) is 0.194. The molecule has 1 amide bonds. The van der Waals surface area contributed by atoms with Crippen LogP contribution in [0, 0.1) is 11.6 Å². The monoisotopic (exact) mass is 511 g/mol. The van der Waals surface area contributed by atoms with Crippen molar-refractivity contribution in [3.05, 3.63) is 131 Å². The van der Waals surface area contributed by atoms with E-state index in [0.29, 0.717) is 43.0 Å². The summed E-state index contributed by atoms with van der Waals surface area (Å²) in [5, 5.41) is 0. The van der Waals surface area contributed by atoms with Crippen LogP contribution in [0.5, 0.6) is 0 Å². The van der Waals surface area contributed by atoms with Crippen molar-refractivity contribution in [2.24, 2.45) is 0 Å². The Morgan fingerprint density at radius 2 is 1.47 bits per heavy atom. The van der Waals surface area contributed by atoms with E-state index in [1.807, 2.05) is 17.0 Å². The molecule has 0 saturated carbocycles. The number of furan rings is 1. The minimum absolute atomic E-state index is 0.0255. The first-order valence-corrected chi connectivity index (χ1v) is 12.7. The zero-order valence-corrected chi connectivity index (χ0v) is 20.8. The van der Waals surface area contributed by atoms with Crippen molar-refractivity contribution in [3.8, 4) is 0 Å². The standard InChI is InChI=1S/C31H27F2N3O2/c32-25-13-7-12-24(29(25)33)21-36-26-14-19-38-28(26)20-27(36)31(37)35-17-15-34(16-18-35)30(22-8-3-1-4-9-22)23-10-5-2-6-11-23/h1-14,19-20,30H,15-18,21H2. The van der Waals surface area contributed by atoms with Gasteiger partial charge in [-0.1, -0.05) is 72.8 Å². The summed E-state index contributed by atoms with van der Waals surface area (Å²) in [7, 11) is 0. The molecule has 0 aliphatic carbocycles. The molecule has 0 N–H and O–H groups in total. The van der Waals surface area contributed by atoms with Gasteiger partial charge in [0.1, 0.15) is 5.69 Å². The van der Waals surface area contributed by atoms with Crippen LogP contribution in [0.3, 0.4) is 0 Å². The van der Waals surface area contributed by atoms with E-state index in [-0.39, 0.29) is 24.1 Å². The number of rotatable bonds is 6. The van der Waals surface area contributed by atoms with Crippen LogP contribution >= 0.6 is 0 Å². The molecule has 1 aliphatic heterocycles. The maximum absolute atomic E-state index is 14.5. The van der Waals surface area contributed by atoms with E-state index < -0.39 is 11.6 Å². The Kier molecular flexibility index (Phi) is 6.52. The number of carbonyl (C=O) groups excluding carboxylic acids is 1. The summed E-state index contributed by atoms with van der Waals surface area (Å²) in [6.45, 7) is 2.54. The third-order valence-electron chi connectivity index (χ3n) is 7.30. The number of benzene rings is 3. The zero-order valence-electron chi connectivity index (χ0n) is 20.8. The second kappa shape index (κ2) is 10.3. The molecule has 0 radical (unpaired) electrons. The Labute approximate surface area is 219 Å². The summed E-state index contributed by atoms with van der Waals surface area (Å²) < 4.78 is 35.6. The van der Waals surface area contributed by atoms with Gasteiger partial charge in [0.2, 0.25) is 0 Å². The highest BCUT2D eigenvalue weighted by Gasteiger charge is 2.30. The van der Waals surface area contributed by atoms with Crippen molar-refractivity contribution < 1.29 is 18.0 Å². The quantitative estimate of drug-likeness (QED) is 0.276. The lowest BCUT2D eigenvalue weighted by molar-refractivity contribution is 0.0588. The van der Waals surface area contributed by atoms with E-state index in [1.165, 1.54) is 29.5 Å². The minimum atomic E-state index is -0.909. The third kappa shape index (κ3) is 4.50. The lowest BCUT2D eigenvalue weighted by Gasteiger charge is -2.39. The normalized spacial score (nSPS) is 14.4. The molecular weight excluding hydrogens is 484 g/mol. The van der Waals surface area contributed by atoms with Crippen LogP contribution in [0.25, 0.3) is 11.1 Å². The summed E-state index contributed by atoms with van der Waals surface area (Å²) in [5.74, 6) is -1.96. The van der Waals surface area contributed by atoms with E-state index in [2.05, 4.69) is 53.4 Å². The Morgan fingerprint density at radius 3 is 2.13 bits per heavy atom. The number of piperazine rings is 1. The lowest BCUT2D eigenvalue weighted by Crippen LogP contribution is -2.50. The molecule has 0 spiro atoms. The molecule has 0 unspecified atom stereocenters. The molecule has 3 aromatic carbocycles. The van der Waals surface area contributed by atoms with Gasteiger partial charge in [0.15, 0.2) is 17.2 Å². The summed E-state index contributed by atoms with van der Waals surface area (Å²) >= 11 is 0. The zero-order chi connectivity index (χ0) is 26.1. The molecule has 5 nitrogen and oxygen atoms in total. The molecule has 7 heteroatoms. The Bertz CT molecular complexity index is 1510. The van der Waals surface area contributed by atoms with Crippen molar-refractivity contribution in [3.63, 3.8) is 0 Å². The van der Waals surface area contributed by atoms with E-state index in [9.17, 15) is 13.6 Å². The average Bonchev–Trinajstić information content (AvgIpc) is 3.55. The van der Waals surface area contributed by atoms with E-state index in [1.54, 1.807) is 16.7 Å². The Morgan fingerprint density at radius 1 is 0.816 bits per heavy atom. The summed E-state index contributed by atoms with van der Waals surface area (Å²) in [6.07, 6.45) is 1.53. The number of fused-ring (bicyclic) bond motifs is 1. The van der Waals surface area contributed by atoms with Crippen LogP contribution < -0.4 is 0 Å². The number of aromatic nitrogens is 1. The molecule has 2 aromatic heterocycles. The topological polar surface area (TPSA) is 41.6 Å². The van der Waals surface area contributed by atoms with Gasteiger partial charge in [0, 0.05) is 43.9 Å². The molecule has 1 aliphatic rings. The van der Waals surface area contributed by atoms with Gasteiger partial charge in [-0.2, -0.15) is 0 Å². The van der Waals surface area contributed by atoms with Gasteiger partial charge >= 0.3 is 0 Å². The number of hydrogen-bond acceptors (Lipinski definition) is 3. The fourth-order valence-corrected chi connectivity index (χ4v) is 5.40. The molecule has 1 saturated heterocycles. The predicted molar refractivity (Wildman–Crippen MR) is 142 cm³/mol. The molecule has 38 heavy (non-hydrogen) atoms. The minimum Gasteiger partial charge on any atom is -0.463 e. The van der Waals surface area contributed by atoms with Crippen molar-refractivity contribution in [2.45, 2.75) is 12.6 Å². The van der Waals surface area contributed by atoms with Crippen LogP contribution in [-0.4, -0.2) is 46.5 Å². The lowest BCUT2D eigenvalue weighted by atomic mass is 9.96. The van der Waals surface area contributed by atoms with E-state index >= 15 is 0 Å². The fourth-order valence-electron chi connectivity index (χ4n) is 5.40. The molecule has 0 bridgehead atoms. The van der Waals surface area contributed by atoms with Gasteiger partial charge in [0.25, 0.3) is 5.91 Å². The first-order valence-electron chi connectivity index (χ1n) is 12.7. The molecule has 6 rings (SSSR count). The van der Waals surface area contributed by atoms with Crippen molar-refractivity contribution in [1.82, 2.24) is 14.4 Å². The highest BCUT2D eigenvalue weighted by molar-refractivity contribution is 5.97. The first kappa shape index (κ1) is 24.1. The van der Waals surface area contributed by atoms with Crippen LogP contribution in [0.2, 0.25) is 0 Å². The number of amides is 1. The predicted octanol–water partition coefficient (Wildman–Crippen LogP) is 6.11. The van der Waals surface area contributed by atoms with Gasteiger partial charge in [-0.3, -0.25) is 9.69 Å². The van der Waals surface area contributed by atoms with Crippen LogP contribution in [0.4, 0.5) is 8.78 Å². The van der Waals surface area contributed by atoms with Gasteiger partial charge in [-0.05, 0) is 17.2 Å². The maximum Gasteiger partial charge on any atom is 0.270 e. The van der Waals surface area contributed by atoms with Crippen LogP contribution in [0.1, 0.15) is 33.2 Å². The number of nitrogens with zero attached hydrogens (tertiary/aromatic N) is 3. The van der Waals surface area contributed by atoms with E-state index in [0.717, 1.165) is 6.07 Å². The van der Waals surface area contributed by atoms with Gasteiger partial charge in [-0.15, -0.1) is 0 Å². The van der Waals surface area contributed by atoms with Crippen molar-refractivity contribution >= 4 is 17.0 Å².